The molecule has 0 unspecified atom stereocenters. The molecule has 0 atom stereocenters. The summed E-state index contributed by atoms with van der Waals surface area (Å²) in [6, 6.07) is 9.49. The van der Waals surface area contributed by atoms with E-state index in [1.165, 1.54) is 12.1 Å². The van der Waals surface area contributed by atoms with Gasteiger partial charge in [0.1, 0.15) is 17.3 Å². The zero-order valence-electron chi connectivity index (χ0n) is 9.86. The van der Waals surface area contributed by atoms with Crippen LogP contribution in [0.4, 0.5) is 4.39 Å². The third-order valence-corrected chi connectivity index (χ3v) is 3.03. The van der Waals surface area contributed by atoms with Gasteiger partial charge in [-0.15, -0.1) is 11.6 Å². The average Bonchev–Trinajstić information content (AvgIpc) is 2.88. The summed E-state index contributed by atoms with van der Waals surface area (Å²) in [6.45, 7) is 0.211. The Kier molecular flexibility index (Phi) is 3.17. The van der Waals surface area contributed by atoms with Gasteiger partial charge in [-0.25, -0.2) is 4.39 Å². The third kappa shape index (κ3) is 2.44. The van der Waals surface area contributed by atoms with E-state index in [1.807, 2.05) is 0 Å². The highest BCUT2D eigenvalue weighted by Gasteiger charge is 2.14. The zero-order valence-corrected chi connectivity index (χ0v) is 10.6. The summed E-state index contributed by atoms with van der Waals surface area (Å²) in [5.74, 6) is 2.26. The molecule has 98 valence electrons. The second-order valence-electron chi connectivity index (χ2n) is 4.00. The smallest absolute Gasteiger partial charge is 0.231 e. The monoisotopic (exact) mass is 280 g/mol. The van der Waals surface area contributed by atoms with Gasteiger partial charge in [-0.05, 0) is 30.3 Å². The van der Waals surface area contributed by atoms with Gasteiger partial charge in [0.05, 0.1) is 5.88 Å². The van der Waals surface area contributed by atoms with E-state index in [0.717, 1.165) is 0 Å². The van der Waals surface area contributed by atoms with Gasteiger partial charge < -0.3 is 14.2 Å². The molecule has 0 bridgehead atoms. The highest BCUT2D eigenvalue weighted by Crippen LogP contribution is 2.37. The van der Waals surface area contributed by atoms with Crippen molar-refractivity contribution in [2.45, 2.75) is 5.88 Å². The summed E-state index contributed by atoms with van der Waals surface area (Å²) in [5.41, 5.74) is 0.597. The second kappa shape index (κ2) is 4.97. The Morgan fingerprint density at radius 3 is 2.79 bits per heavy atom. The third-order valence-electron chi connectivity index (χ3n) is 2.74. The lowest BCUT2D eigenvalue weighted by atomic mass is 10.2. The number of fused-ring (bicyclic) bond motifs is 1. The van der Waals surface area contributed by atoms with Crippen molar-refractivity contribution in [1.29, 1.82) is 0 Å². The molecule has 2 aromatic rings. The Bertz CT molecular complexity index is 616. The van der Waals surface area contributed by atoms with Crippen LogP contribution in [0.2, 0.25) is 0 Å². The molecule has 3 rings (SSSR count). The number of halogens is 2. The lowest BCUT2D eigenvalue weighted by Gasteiger charge is -2.10. The minimum Gasteiger partial charge on any atom is -0.457 e. The fraction of sp³-hybridized carbons (Fsp3) is 0.143. The Morgan fingerprint density at radius 1 is 1.11 bits per heavy atom. The standard InChI is InChI=1S/C14H10ClFO3/c15-7-9-5-10(16)1-3-12(9)19-11-2-4-13-14(6-11)18-8-17-13/h1-6H,7-8H2. The quantitative estimate of drug-likeness (QED) is 0.793. The molecule has 0 aromatic heterocycles. The summed E-state index contributed by atoms with van der Waals surface area (Å²) < 4.78 is 29.3. The van der Waals surface area contributed by atoms with Crippen LogP contribution in [0.3, 0.4) is 0 Å². The maximum Gasteiger partial charge on any atom is 0.231 e. The number of benzene rings is 2. The molecule has 19 heavy (non-hydrogen) atoms. The Balaban J connectivity index is 1.89. The first kappa shape index (κ1) is 12.1. The minimum absolute atomic E-state index is 0.178. The SMILES string of the molecule is Fc1ccc(Oc2ccc3c(c2)OCO3)c(CCl)c1. The minimum atomic E-state index is -0.339. The van der Waals surface area contributed by atoms with E-state index in [9.17, 15) is 4.39 Å². The highest BCUT2D eigenvalue weighted by molar-refractivity contribution is 6.17. The van der Waals surface area contributed by atoms with Gasteiger partial charge >= 0.3 is 0 Å². The lowest BCUT2D eigenvalue weighted by Crippen LogP contribution is -1.93. The van der Waals surface area contributed by atoms with Crippen molar-refractivity contribution in [3.8, 4) is 23.0 Å². The van der Waals surface area contributed by atoms with Gasteiger partial charge in [-0.2, -0.15) is 0 Å². The van der Waals surface area contributed by atoms with Gasteiger partial charge in [0.25, 0.3) is 0 Å². The van der Waals surface area contributed by atoms with Crippen molar-refractivity contribution in [3.05, 3.63) is 47.8 Å². The van der Waals surface area contributed by atoms with Crippen molar-refractivity contribution in [2.75, 3.05) is 6.79 Å². The van der Waals surface area contributed by atoms with Crippen molar-refractivity contribution in [2.24, 2.45) is 0 Å². The highest BCUT2D eigenvalue weighted by atomic mass is 35.5. The largest absolute Gasteiger partial charge is 0.457 e. The van der Waals surface area contributed by atoms with E-state index in [1.54, 1.807) is 24.3 Å². The molecule has 0 spiro atoms. The molecule has 0 amide bonds. The van der Waals surface area contributed by atoms with E-state index >= 15 is 0 Å². The van der Waals surface area contributed by atoms with Gasteiger partial charge in [0.15, 0.2) is 11.5 Å². The van der Waals surface area contributed by atoms with Gasteiger partial charge in [0, 0.05) is 11.6 Å². The maximum absolute atomic E-state index is 13.1. The normalized spacial score (nSPS) is 12.5. The Hall–Kier alpha value is -1.94. The predicted octanol–water partition coefficient (Wildman–Crippen LogP) is 4.09. The number of alkyl halides is 1. The summed E-state index contributed by atoms with van der Waals surface area (Å²) in [5, 5.41) is 0. The van der Waals surface area contributed by atoms with Crippen molar-refractivity contribution in [1.82, 2.24) is 0 Å². The van der Waals surface area contributed by atoms with Crippen molar-refractivity contribution < 1.29 is 18.6 Å². The molecule has 2 aromatic carbocycles. The molecule has 0 saturated carbocycles. The van der Waals surface area contributed by atoms with Crippen LogP contribution in [-0.2, 0) is 5.88 Å². The van der Waals surface area contributed by atoms with Crippen LogP contribution in [0.1, 0.15) is 5.56 Å². The molecule has 0 saturated heterocycles. The van der Waals surface area contributed by atoms with Crippen LogP contribution in [0.5, 0.6) is 23.0 Å². The van der Waals surface area contributed by atoms with Crippen LogP contribution in [0.15, 0.2) is 36.4 Å². The summed E-state index contributed by atoms with van der Waals surface area (Å²) in [4.78, 5) is 0. The Morgan fingerprint density at radius 2 is 1.95 bits per heavy atom. The number of hydrogen-bond acceptors (Lipinski definition) is 3. The van der Waals surface area contributed by atoms with Crippen LogP contribution in [0.25, 0.3) is 0 Å². The molecule has 0 aliphatic carbocycles. The van der Waals surface area contributed by atoms with E-state index < -0.39 is 0 Å². The van der Waals surface area contributed by atoms with Gasteiger partial charge in [-0.3, -0.25) is 0 Å². The van der Waals surface area contributed by atoms with E-state index in [0.29, 0.717) is 28.6 Å². The van der Waals surface area contributed by atoms with Crippen LogP contribution < -0.4 is 14.2 Å². The molecule has 3 nitrogen and oxygen atoms in total. The van der Waals surface area contributed by atoms with Crippen LogP contribution >= 0.6 is 11.6 Å². The fourth-order valence-corrected chi connectivity index (χ4v) is 2.03. The summed E-state index contributed by atoms with van der Waals surface area (Å²) >= 11 is 5.77. The van der Waals surface area contributed by atoms with Crippen molar-refractivity contribution >= 4 is 11.6 Å². The molecular weight excluding hydrogens is 271 g/mol. The van der Waals surface area contributed by atoms with E-state index in [2.05, 4.69) is 0 Å². The molecule has 5 heteroatoms. The lowest BCUT2D eigenvalue weighted by molar-refractivity contribution is 0.174. The molecule has 1 aliphatic rings. The zero-order chi connectivity index (χ0) is 13.2. The molecule has 1 aliphatic heterocycles. The fourth-order valence-electron chi connectivity index (χ4n) is 1.82. The summed E-state index contributed by atoms with van der Waals surface area (Å²) in [6.07, 6.45) is 0. The maximum atomic E-state index is 13.1. The predicted molar refractivity (Wildman–Crippen MR) is 68.6 cm³/mol. The average molecular weight is 281 g/mol. The van der Waals surface area contributed by atoms with E-state index in [4.69, 9.17) is 25.8 Å². The number of rotatable bonds is 3. The topological polar surface area (TPSA) is 27.7 Å². The first-order chi connectivity index (χ1) is 9.26. The first-order valence-corrected chi connectivity index (χ1v) is 6.21. The number of hydrogen-bond donors (Lipinski definition) is 0. The van der Waals surface area contributed by atoms with Gasteiger partial charge in [0.2, 0.25) is 6.79 Å². The summed E-state index contributed by atoms with van der Waals surface area (Å²) in [7, 11) is 0. The van der Waals surface area contributed by atoms with Gasteiger partial charge in [-0.1, -0.05) is 0 Å². The van der Waals surface area contributed by atoms with Crippen molar-refractivity contribution in [3.63, 3.8) is 0 Å². The second-order valence-corrected chi connectivity index (χ2v) is 4.27. The Labute approximate surface area is 114 Å². The first-order valence-electron chi connectivity index (χ1n) is 5.68. The molecule has 0 radical (unpaired) electrons. The van der Waals surface area contributed by atoms with Crippen LogP contribution in [0, 0.1) is 5.82 Å². The molecule has 0 fully saturated rings. The molecule has 0 N–H and O–H groups in total. The van der Waals surface area contributed by atoms with Crippen LogP contribution in [-0.4, -0.2) is 6.79 Å². The molecule has 1 heterocycles. The molecular formula is C14H10ClFO3. The van der Waals surface area contributed by atoms with E-state index in [-0.39, 0.29) is 18.5 Å². The number of ether oxygens (including phenoxy) is 3.